The molecule has 0 aliphatic carbocycles. The van der Waals surface area contributed by atoms with Gasteiger partial charge in [0.15, 0.2) is 0 Å². The predicted octanol–water partition coefficient (Wildman–Crippen LogP) is 6.41. The minimum Gasteiger partial charge on any atom is -0.367 e. The Kier molecular flexibility index (Phi) is 9.15. The number of amides is 1. The second-order valence-electron chi connectivity index (χ2n) is 7.77. The lowest BCUT2D eigenvalue weighted by Gasteiger charge is -2.23. The Morgan fingerprint density at radius 1 is 0.758 bits per heavy atom. The van der Waals surface area contributed by atoms with Crippen molar-refractivity contribution in [3.8, 4) is 0 Å². The van der Waals surface area contributed by atoms with Crippen molar-refractivity contribution in [3.05, 3.63) is 84.4 Å². The van der Waals surface area contributed by atoms with Crippen LogP contribution < -0.4 is 10.2 Å². The van der Waals surface area contributed by atoms with Crippen LogP contribution in [0.15, 0.2) is 89.1 Å². The monoisotopic (exact) mass is 443 g/mol. The minimum atomic E-state index is -0.0125. The van der Waals surface area contributed by atoms with Gasteiger partial charge in [-0.2, -0.15) is 10.2 Å². The van der Waals surface area contributed by atoms with E-state index in [2.05, 4.69) is 82.5 Å². The number of azo groups is 1. The summed E-state index contributed by atoms with van der Waals surface area (Å²) in [6.07, 6.45) is 0. The second-order valence-corrected chi connectivity index (χ2v) is 7.77. The Hall–Kier alpha value is -3.51. The third-order valence-corrected chi connectivity index (χ3v) is 5.51. The van der Waals surface area contributed by atoms with Gasteiger partial charge >= 0.3 is 0 Å². The van der Waals surface area contributed by atoms with Crippen molar-refractivity contribution in [2.24, 2.45) is 10.2 Å². The first kappa shape index (κ1) is 24.1. The number of hydrogen-bond acceptors (Lipinski definition) is 5. The standard InChI is InChI=1S/C27H33N5O/c1-4-31(5-2)21-27(33)28-23-12-14-24(15-13-23)29-30-25-16-18-26(19-17-25)32(6-3)20-22-10-8-7-9-11-22/h7-19H,4-6,20-21H2,1-3H3,(H,28,33)/b30-29+. The molecule has 6 heteroatoms. The van der Waals surface area contributed by atoms with Gasteiger partial charge in [0, 0.05) is 24.5 Å². The number of carbonyl (C=O) groups is 1. The normalized spacial score (nSPS) is 11.2. The SMILES string of the molecule is CCN(CC)CC(=O)Nc1ccc(/N=N/c2ccc(N(CC)Cc3ccccc3)cc2)cc1. The molecule has 0 fully saturated rings. The number of nitrogens with one attached hydrogen (secondary N) is 1. The van der Waals surface area contributed by atoms with Crippen molar-refractivity contribution in [2.75, 3.05) is 36.4 Å². The number of carbonyl (C=O) groups excluding carboxylic acids is 1. The summed E-state index contributed by atoms with van der Waals surface area (Å²) in [6, 6.07) is 26.0. The molecule has 172 valence electrons. The molecule has 0 unspecified atom stereocenters. The van der Waals surface area contributed by atoms with E-state index in [0.29, 0.717) is 6.54 Å². The summed E-state index contributed by atoms with van der Waals surface area (Å²) in [5.74, 6) is -0.0125. The smallest absolute Gasteiger partial charge is 0.238 e. The van der Waals surface area contributed by atoms with E-state index < -0.39 is 0 Å². The zero-order chi connectivity index (χ0) is 23.5. The lowest BCUT2D eigenvalue weighted by atomic mass is 10.2. The van der Waals surface area contributed by atoms with E-state index in [4.69, 9.17) is 0 Å². The Labute approximate surface area is 197 Å². The molecule has 0 aliphatic heterocycles. The lowest BCUT2D eigenvalue weighted by Crippen LogP contribution is -2.32. The molecule has 0 radical (unpaired) electrons. The maximum absolute atomic E-state index is 12.1. The first-order valence-corrected chi connectivity index (χ1v) is 11.5. The molecule has 0 aliphatic rings. The molecule has 6 nitrogen and oxygen atoms in total. The first-order valence-electron chi connectivity index (χ1n) is 11.5. The van der Waals surface area contributed by atoms with Crippen LogP contribution in [-0.4, -0.2) is 37.0 Å². The van der Waals surface area contributed by atoms with Gasteiger partial charge in [0.2, 0.25) is 5.91 Å². The van der Waals surface area contributed by atoms with Gasteiger partial charge in [-0.1, -0.05) is 44.2 Å². The third-order valence-electron chi connectivity index (χ3n) is 5.51. The summed E-state index contributed by atoms with van der Waals surface area (Å²) in [6.45, 7) is 10.2. The van der Waals surface area contributed by atoms with E-state index in [1.54, 1.807) is 0 Å². The molecule has 0 spiro atoms. The van der Waals surface area contributed by atoms with Crippen molar-refractivity contribution in [1.29, 1.82) is 0 Å². The van der Waals surface area contributed by atoms with Crippen LogP contribution in [0.2, 0.25) is 0 Å². The predicted molar refractivity (Wildman–Crippen MR) is 137 cm³/mol. The van der Waals surface area contributed by atoms with E-state index in [9.17, 15) is 4.79 Å². The molecule has 3 aromatic carbocycles. The van der Waals surface area contributed by atoms with Crippen LogP contribution in [0.4, 0.5) is 22.7 Å². The largest absolute Gasteiger partial charge is 0.367 e. The topological polar surface area (TPSA) is 60.3 Å². The maximum atomic E-state index is 12.1. The fourth-order valence-electron chi connectivity index (χ4n) is 3.50. The first-order chi connectivity index (χ1) is 16.1. The molecule has 0 bridgehead atoms. The van der Waals surface area contributed by atoms with Crippen molar-refractivity contribution in [2.45, 2.75) is 27.3 Å². The Morgan fingerprint density at radius 3 is 1.88 bits per heavy atom. The Bertz CT molecular complexity index is 1010. The average Bonchev–Trinajstić information content (AvgIpc) is 2.86. The minimum absolute atomic E-state index is 0.0125. The van der Waals surface area contributed by atoms with E-state index in [-0.39, 0.29) is 5.91 Å². The zero-order valence-electron chi connectivity index (χ0n) is 19.7. The van der Waals surface area contributed by atoms with Crippen molar-refractivity contribution in [1.82, 2.24) is 4.90 Å². The fraction of sp³-hybridized carbons (Fsp3) is 0.296. The molecule has 3 rings (SSSR count). The molecule has 1 amide bonds. The summed E-state index contributed by atoms with van der Waals surface area (Å²) in [5, 5.41) is 11.6. The van der Waals surface area contributed by atoms with Crippen LogP contribution in [0.1, 0.15) is 26.3 Å². The number of benzene rings is 3. The number of hydrogen-bond donors (Lipinski definition) is 1. The molecule has 0 saturated heterocycles. The third kappa shape index (κ3) is 7.54. The van der Waals surface area contributed by atoms with Gasteiger partial charge in [-0.15, -0.1) is 0 Å². The number of rotatable bonds is 11. The van der Waals surface area contributed by atoms with E-state index in [1.807, 2.05) is 42.5 Å². The van der Waals surface area contributed by atoms with Gasteiger partial charge in [-0.3, -0.25) is 9.69 Å². The van der Waals surface area contributed by atoms with Crippen LogP contribution in [0.25, 0.3) is 0 Å². The summed E-state index contributed by atoms with van der Waals surface area (Å²) >= 11 is 0. The van der Waals surface area contributed by atoms with Crippen molar-refractivity contribution >= 4 is 28.7 Å². The van der Waals surface area contributed by atoms with E-state index >= 15 is 0 Å². The molecular weight excluding hydrogens is 410 g/mol. The highest BCUT2D eigenvalue weighted by Crippen LogP contribution is 2.24. The van der Waals surface area contributed by atoms with Gasteiger partial charge in [0.25, 0.3) is 0 Å². The molecule has 1 N–H and O–H groups in total. The van der Waals surface area contributed by atoms with Gasteiger partial charge in [0.1, 0.15) is 0 Å². The molecule has 0 saturated carbocycles. The summed E-state index contributed by atoms with van der Waals surface area (Å²) in [5.41, 5.74) is 4.74. The van der Waals surface area contributed by atoms with Gasteiger partial charge in [-0.05, 0) is 74.1 Å². The van der Waals surface area contributed by atoms with Crippen molar-refractivity contribution in [3.63, 3.8) is 0 Å². The molecular formula is C27H33N5O. The van der Waals surface area contributed by atoms with Crippen LogP contribution >= 0.6 is 0 Å². The highest BCUT2D eigenvalue weighted by molar-refractivity contribution is 5.92. The van der Waals surface area contributed by atoms with Crippen LogP contribution in [-0.2, 0) is 11.3 Å². The van der Waals surface area contributed by atoms with Crippen molar-refractivity contribution < 1.29 is 4.79 Å². The fourth-order valence-corrected chi connectivity index (χ4v) is 3.50. The molecule has 0 heterocycles. The van der Waals surface area contributed by atoms with Gasteiger partial charge in [0.05, 0.1) is 17.9 Å². The summed E-state index contributed by atoms with van der Waals surface area (Å²) in [4.78, 5) is 16.5. The highest BCUT2D eigenvalue weighted by atomic mass is 16.2. The average molecular weight is 444 g/mol. The summed E-state index contributed by atoms with van der Waals surface area (Å²) < 4.78 is 0. The highest BCUT2D eigenvalue weighted by Gasteiger charge is 2.08. The lowest BCUT2D eigenvalue weighted by molar-refractivity contribution is -0.117. The van der Waals surface area contributed by atoms with E-state index in [0.717, 1.165) is 48.9 Å². The van der Waals surface area contributed by atoms with Crippen LogP contribution in [0, 0.1) is 0 Å². The van der Waals surface area contributed by atoms with Gasteiger partial charge < -0.3 is 10.2 Å². The number of nitrogens with zero attached hydrogens (tertiary/aromatic N) is 4. The Balaban J connectivity index is 1.56. The molecule has 33 heavy (non-hydrogen) atoms. The van der Waals surface area contributed by atoms with E-state index in [1.165, 1.54) is 5.56 Å². The molecule has 0 atom stereocenters. The van der Waals surface area contributed by atoms with Crippen LogP contribution in [0.5, 0.6) is 0 Å². The Morgan fingerprint density at radius 2 is 1.33 bits per heavy atom. The maximum Gasteiger partial charge on any atom is 0.238 e. The summed E-state index contributed by atoms with van der Waals surface area (Å²) in [7, 11) is 0. The molecule has 3 aromatic rings. The van der Waals surface area contributed by atoms with Gasteiger partial charge in [-0.25, -0.2) is 0 Å². The number of anilines is 2. The zero-order valence-corrected chi connectivity index (χ0v) is 19.7. The second kappa shape index (κ2) is 12.5. The molecule has 0 aromatic heterocycles. The van der Waals surface area contributed by atoms with Crippen LogP contribution in [0.3, 0.4) is 0 Å². The quantitative estimate of drug-likeness (QED) is 0.348. The number of likely N-dealkylation sites (N-methyl/N-ethyl adjacent to an activating group) is 1.